The topological polar surface area (TPSA) is 389 Å². The summed E-state index contributed by atoms with van der Waals surface area (Å²) in [6, 6.07) is 0.329. The molecule has 1 aliphatic carbocycles. The van der Waals surface area contributed by atoms with Crippen LogP contribution >= 0.6 is 0 Å². The van der Waals surface area contributed by atoms with Gasteiger partial charge in [-0.05, 0) is 49.9 Å². The minimum absolute atomic E-state index is 0.0828. The minimum atomic E-state index is -1.69. The molecular weight excluding hydrogens is 700 g/mol. The number of amides is 2. The minimum Gasteiger partial charge on any atom is -0.507 e. The molecule has 0 bridgehead atoms. The molecule has 0 saturated carbocycles. The Morgan fingerprint density at radius 2 is 1.00 bits per heavy atom. The highest BCUT2D eigenvalue weighted by atomic mass is 16.7. The molecule has 2 aromatic carbocycles. The third kappa shape index (κ3) is 9.39. The number of hydrogen-bond acceptors (Lipinski definition) is 14. The molecule has 2 aromatic rings. The first-order chi connectivity index (χ1) is 24.4. The van der Waals surface area contributed by atoms with Crippen molar-refractivity contribution in [3.05, 3.63) is 77.9 Å². The van der Waals surface area contributed by atoms with Crippen LogP contribution in [-0.4, -0.2) is 103 Å². The first kappa shape index (κ1) is 39.0. The molecule has 52 heavy (non-hydrogen) atoms. The van der Waals surface area contributed by atoms with Gasteiger partial charge in [0.15, 0.2) is 33.2 Å². The number of carbonyl (C=O) groups is 6. The average Bonchev–Trinajstić information content (AvgIpc) is 3.05. The molecule has 1 aliphatic rings. The third-order valence-electron chi connectivity index (χ3n) is 7.38. The number of phenolic OH excluding ortho intramolecular Hbond substituents is 2. The fourth-order valence-electron chi connectivity index (χ4n) is 5.29. The van der Waals surface area contributed by atoms with Crippen LogP contribution in [0, 0.1) is 31.0 Å². The van der Waals surface area contributed by atoms with E-state index in [1.807, 2.05) is 10.6 Å². The maximum absolute atomic E-state index is 14.0. The molecule has 0 radical (unpaired) electrons. The monoisotopic (exact) mass is 730 g/mol. The summed E-state index contributed by atoms with van der Waals surface area (Å²) in [5.74, 6) is -7.66. The van der Waals surface area contributed by atoms with Crippen LogP contribution in [0.15, 0.2) is 24.3 Å². The number of hydrazine groups is 2. The zero-order valence-corrected chi connectivity index (χ0v) is 26.5. The van der Waals surface area contributed by atoms with Crippen LogP contribution in [0.3, 0.4) is 0 Å². The van der Waals surface area contributed by atoms with E-state index in [4.69, 9.17) is 10.8 Å². The van der Waals surface area contributed by atoms with Crippen LogP contribution < -0.4 is 32.1 Å². The molecule has 3 rings (SSSR count). The van der Waals surface area contributed by atoms with Crippen molar-refractivity contribution in [3.8, 4) is 11.5 Å². The van der Waals surface area contributed by atoms with Crippen molar-refractivity contribution in [1.82, 2.24) is 32.1 Å². The number of guanidine groups is 2. The van der Waals surface area contributed by atoms with Gasteiger partial charge in [0, 0.05) is 35.3 Å². The smallest absolute Gasteiger partial charge is 0.405 e. The van der Waals surface area contributed by atoms with Crippen LogP contribution in [0.25, 0.3) is 0 Å². The molecule has 24 nitrogen and oxygen atoms in total. The first-order valence-corrected chi connectivity index (χ1v) is 14.8. The molecule has 2 atom stereocenters. The Bertz CT molecular complexity index is 1750. The lowest BCUT2D eigenvalue weighted by Gasteiger charge is -2.26. The van der Waals surface area contributed by atoms with E-state index in [1.54, 1.807) is 0 Å². The number of nitrogens with zero attached hydrogens (tertiary/aromatic N) is 2. The third-order valence-corrected chi connectivity index (χ3v) is 7.38. The van der Waals surface area contributed by atoms with Gasteiger partial charge >= 0.3 is 12.2 Å². The Kier molecular flexibility index (Phi) is 12.6. The van der Waals surface area contributed by atoms with E-state index in [0.717, 1.165) is 24.3 Å². The summed E-state index contributed by atoms with van der Waals surface area (Å²) in [7, 11) is 0. The van der Waals surface area contributed by atoms with Crippen LogP contribution in [0.5, 0.6) is 11.5 Å². The summed E-state index contributed by atoms with van der Waals surface area (Å²) in [4.78, 5) is 100.0. The number of ketones is 4. The summed E-state index contributed by atoms with van der Waals surface area (Å²) in [5.41, 5.74) is -1.14. The lowest BCUT2D eigenvalue weighted by molar-refractivity contribution is -0.525. The van der Waals surface area contributed by atoms with Crippen LogP contribution in [0.4, 0.5) is 9.59 Å². The average molecular weight is 731 g/mol. The Balaban J connectivity index is 2.08. The lowest BCUT2D eigenvalue weighted by Crippen LogP contribution is -2.44. The van der Waals surface area contributed by atoms with Gasteiger partial charge in [-0.1, -0.05) is 10.9 Å². The Morgan fingerprint density at radius 1 is 0.654 bits per heavy atom. The van der Waals surface area contributed by atoms with Gasteiger partial charge in [0.1, 0.15) is 11.5 Å². The molecule has 0 unspecified atom stereocenters. The Labute approximate surface area is 289 Å². The van der Waals surface area contributed by atoms with Gasteiger partial charge in [-0.15, -0.1) is 0 Å². The zero-order valence-electron chi connectivity index (χ0n) is 26.5. The van der Waals surface area contributed by atoms with E-state index in [0.29, 0.717) is 0 Å². The number of carbonyl (C=O) groups excluding carboxylic acids is 4. The number of nitro groups is 2. The first-order valence-electron chi connectivity index (χ1n) is 14.8. The van der Waals surface area contributed by atoms with Crippen LogP contribution in [0.1, 0.15) is 78.2 Å². The fourth-order valence-corrected chi connectivity index (χ4v) is 5.29. The normalized spacial score (nSPS) is 12.5. The number of aromatic hydroxyl groups is 2. The summed E-state index contributed by atoms with van der Waals surface area (Å²) in [6.45, 7) is -0.343. The van der Waals surface area contributed by atoms with E-state index >= 15 is 0 Å². The van der Waals surface area contributed by atoms with Crippen molar-refractivity contribution in [2.75, 3.05) is 13.1 Å². The van der Waals surface area contributed by atoms with Crippen LogP contribution in [0.2, 0.25) is 0 Å². The number of fused-ring (bicyclic) bond motifs is 2. The van der Waals surface area contributed by atoms with Crippen molar-refractivity contribution >= 4 is 47.2 Å². The van der Waals surface area contributed by atoms with Gasteiger partial charge in [-0.2, -0.15) is 0 Å². The molecule has 0 aromatic heterocycles. The van der Waals surface area contributed by atoms with Gasteiger partial charge < -0.3 is 41.7 Å². The molecule has 2 amide bonds. The molecule has 0 aliphatic heterocycles. The molecule has 0 spiro atoms. The Hall–Kier alpha value is -7.40. The van der Waals surface area contributed by atoms with E-state index < -0.39 is 114 Å². The second kappa shape index (κ2) is 16.8. The van der Waals surface area contributed by atoms with E-state index in [1.165, 1.54) is 10.9 Å². The van der Waals surface area contributed by atoms with E-state index in [-0.39, 0.29) is 38.8 Å². The number of hydrogen-bond donors (Lipinski definition) is 12. The van der Waals surface area contributed by atoms with Gasteiger partial charge in [-0.25, -0.2) is 29.8 Å². The maximum atomic E-state index is 14.0. The van der Waals surface area contributed by atoms with Crippen molar-refractivity contribution < 1.29 is 59.3 Å². The number of nitrogens with one attached hydrogen (secondary N) is 8. The van der Waals surface area contributed by atoms with E-state index in [9.17, 15) is 69.4 Å². The molecular formula is C28H30N10O14. The van der Waals surface area contributed by atoms with Crippen LogP contribution in [-0.2, 0) is 0 Å². The highest BCUT2D eigenvalue weighted by Gasteiger charge is 2.41. The largest absolute Gasteiger partial charge is 0.507 e. The van der Waals surface area contributed by atoms with Gasteiger partial charge in [0.25, 0.3) is 11.9 Å². The number of Topliss-reactive ketones (excluding diaryl/α,β-unsaturated/α-hetero) is 2. The SMILES string of the molecule is N=C(NCCC[C@H](NC(=O)O)C(=O)c1ccc(C(=O)[C@H](CCCNC(=N)N[N+](=O)[O-])NC(=O)O)c2c1C(=O)c1c(O)ccc(O)c1C2=O)N[N+](=O)[O-]. The zero-order chi connectivity index (χ0) is 38.9. The molecule has 0 heterocycles. The second-order valence-electron chi connectivity index (χ2n) is 10.8. The predicted molar refractivity (Wildman–Crippen MR) is 172 cm³/mol. The highest BCUT2D eigenvalue weighted by molar-refractivity contribution is 6.35. The fraction of sp³-hybridized carbons (Fsp3) is 0.286. The molecule has 0 fully saturated rings. The quantitative estimate of drug-likeness (QED) is 0.0171. The van der Waals surface area contributed by atoms with Crippen molar-refractivity contribution in [2.45, 2.75) is 37.8 Å². The summed E-state index contributed by atoms with van der Waals surface area (Å²) in [6.07, 6.45) is -4.19. The maximum Gasteiger partial charge on any atom is 0.405 e. The molecule has 24 heteroatoms. The standard InChI is InChI=1S/C28H30N10O14/c29-25(35-37(49)50)31-9-1-3-13(33-27(45)46)21(41)11-5-6-12(18-17(11)23(43)19-15(39)7-8-16(40)20(19)24(18)44)22(42)14(34-28(47)48)4-2-10-32-26(30)36-38(51)52/h5-8,13-14,33-34,39-40H,1-4,9-10H2,(H,45,46)(H,47,48)(H3,29,31,35)(H3,30,32,36)/t13-,14-/m0/s1. The number of carboxylic acid groups (broad SMARTS) is 2. The molecule has 0 saturated heterocycles. The second-order valence-corrected chi connectivity index (χ2v) is 10.8. The molecule has 12 N–H and O–H groups in total. The lowest BCUT2D eigenvalue weighted by atomic mass is 9.76. The van der Waals surface area contributed by atoms with Crippen molar-refractivity contribution in [2.24, 2.45) is 0 Å². The predicted octanol–water partition coefficient (Wildman–Crippen LogP) is -0.317. The van der Waals surface area contributed by atoms with Crippen molar-refractivity contribution in [1.29, 1.82) is 10.8 Å². The summed E-state index contributed by atoms with van der Waals surface area (Å²) < 4.78 is 0. The van der Waals surface area contributed by atoms with Gasteiger partial charge in [0.05, 0.1) is 23.2 Å². The van der Waals surface area contributed by atoms with Gasteiger partial charge in [0.2, 0.25) is 0 Å². The highest BCUT2D eigenvalue weighted by Crippen LogP contribution is 2.40. The number of benzene rings is 2. The Morgan fingerprint density at radius 3 is 1.31 bits per heavy atom. The summed E-state index contributed by atoms with van der Waals surface area (Å²) >= 11 is 0. The van der Waals surface area contributed by atoms with E-state index in [2.05, 4.69) is 10.6 Å². The number of phenols is 2. The van der Waals surface area contributed by atoms with Gasteiger partial charge in [-0.3, -0.25) is 30.0 Å². The van der Waals surface area contributed by atoms with Crippen molar-refractivity contribution in [3.63, 3.8) is 0 Å². The molecule has 276 valence electrons. The summed E-state index contributed by atoms with van der Waals surface area (Å²) in [5, 5.41) is 82.3. The number of rotatable bonds is 16.